The number of aromatic nitrogens is 1. The molecule has 0 spiro atoms. The summed E-state index contributed by atoms with van der Waals surface area (Å²) in [7, 11) is 1.62. The fourth-order valence-corrected chi connectivity index (χ4v) is 4.02. The van der Waals surface area contributed by atoms with Crippen LogP contribution in [0.15, 0.2) is 54.6 Å². The van der Waals surface area contributed by atoms with E-state index in [9.17, 15) is 14.0 Å². The first-order valence-corrected chi connectivity index (χ1v) is 10.2. The largest absolute Gasteiger partial charge is 0.355 e. The van der Waals surface area contributed by atoms with E-state index in [0.717, 1.165) is 28.6 Å². The molecule has 2 heterocycles. The molecule has 30 heavy (non-hydrogen) atoms. The van der Waals surface area contributed by atoms with E-state index in [1.54, 1.807) is 19.2 Å². The number of hydrogen-bond acceptors (Lipinski definition) is 3. The van der Waals surface area contributed by atoms with Gasteiger partial charge in [-0.1, -0.05) is 30.3 Å². The maximum absolute atomic E-state index is 13.0. The van der Waals surface area contributed by atoms with Gasteiger partial charge in [-0.05, 0) is 42.7 Å². The number of pyridine rings is 1. The Morgan fingerprint density at radius 1 is 1.17 bits per heavy atom. The smallest absolute Gasteiger partial charge is 0.251 e. The van der Waals surface area contributed by atoms with E-state index in [4.69, 9.17) is 4.98 Å². The maximum atomic E-state index is 13.0. The molecule has 5 nitrogen and oxygen atoms in total. The lowest BCUT2D eigenvalue weighted by molar-refractivity contribution is -0.130. The van der Waals surface area contributed by atoms with Crippen LogP contribution in [-0.2, 0) is 11.2 Å². The number of nitrogens with one attached hydrogen (secondary N) is 1. The van der Waals surface area contributed by atoms with Crippen LogP contribution in [0.2, 0.25) is 0 Å². The highest BCUT2D eigenvalue weighted by Crippen LogP contribution is 2.29. The van der Waals surface area contributed by atoms with Gasteiger partial charge in [0, 0.05) is 43.6 Å². The number of rotatable bonds is 5. The Kier molecular flexibility index (Phi) is 5.74. The number of fused-ring (bicyclic) bond motifs is 1. The average molecular weight is 405 g/mol. The molecule has 1 aliphatic heterocycles. The molecular weight excluding hydrogens is 381 g/mol. The summed E-state index contributed by atoms with van der Waals surface area (Å²) in [6.45, 7) is 1.28. The van der Waals surface area contributed by atoms with Crippen molar-refractivity contribution < 1.29 is 14.0 Å². The number of amides is 2. The second-order valence-electron chi connectivity index (χ2n) is 7.64. The molecule has 3 aromatic rings. The van der Waals surface area contributed by atoms with E-state index in [-0.39, 0.29) is 23.5 Å². The standard InChI is InChI=1S/C24H24FN3O2/c1-26-24(30)20-14-22(27-21-5-3-2-4-19(20)21)17-12-13-28(15-17)23(29)11-8-16-6-9-18(25)10-7-16/h2-7,9-10,14,17H,8,11-13,15H2,1H3,(H,26,30)/t17-/m0/s1. The van der Waals surface area contributed by atoms with Gasteiger partial charge in [-0.2, -0.15) is 0 Å². The number of halogens is 1. The quantitative estimate of drug-likeness (QED) is 0.704. The molecule has 6 heteroatoms. The number of aryl methyl sites for hydroxylation is 1. The highest BCUT2D eigenvalue weighted by atomic mass is 19.1. The van der Waals surface area contributed by atoms with Crippen LogP contribution in [-0.4, -0.2) is 41.8 Å². The fourth-order valence-electron chi connectivity index (χ4n) is 4.02. The summed E-state index contributed by atoms with van der Waals surface area (Å²) < 4.78 is 13.0. The topological polar surface area (TPSA) is 62.3 Å². The van der Waals surface area contributed by atoms with Crippen LogP contribution in [0.25, 0.3) is 10.9 Å². The third kappa shape index (κ3) is 4.17. The van der Waals surface area contributed by atoms with Crippen molar-refractivity contribution >= 4 is 22.7 Å². The minimum atomic E-state index is -0.272. The maximum Gasteiger partial charge on any atom is 0.251 e. The third-order valence-electron chi connectivity index (χ3n) is 5.71. The van der Waals surface area contributed by atoms with Gasteiger partial charge < -0.3 is 10.2 Å². The summed E-state index contributed by atoms with van der Waals surface area (Å²) in [5.74, 6) is -0.214. The number of hydrogen-bond donors (Lipinski definition) is 1. The van der Waals surface area contributed by atoms with E-state index in [1.165, 1.54) is 12.1 Å². The van der Waals surface area contributed by atoms with E-state index in [1.807, 2.05) is 35.2 Å². The number of para-hydroxylation sites is 1. The van der Waals surface area contributed by atoms with Gasteiger partial charge in [-0.25, -0.2) is 4.39 Å². The van der Waals surface area contributed by atoms with Crippen LogP contribution < -0.4 is 5.32 Å². The molecule has 1 saturated heterocycles. The molecule has 1 atom stereocenters. The van der Waals surface area contributed by atoms with Crippen molar-refractivity contribution in [2.75, 3.05) is 20.1 Å². The highest BCUT2D eigenvalue weighted by Gasteiger charge is 2.29. The van der Waals surface area contributed by atoms with Gasteiger partial charge in [-0.3, -0.25) is 14.6 Å². The Morgan fingerprint density at radius 3 is 2.70 bits per heavy atom. The van der Waals surface area contributed by atoms with E-state index in [0.29, 0.717) is 31.5 Å². The van der Waals surface area contributed by atoms with Gasteiger partial charge in [0.05, 0.1) is 11.1 Å². The van der Waals surface area contributed by atoms with Crippen molar-refractivity contribution in [3.05, 3.63) is 77.2 Å². The molecule has 1 aromatic heterocycles. The molecule has 4 rings (SSSR count). The number of nitrogens with zero attached hydrogens (tertiary/aromatic N) is 2. The highest BCUT2D eigenvalue weighted by molar-refractivity contribution is 6.06. The molecule has 0 unspecified atom stereocenters. The second kappa shape index (κ2) is 8.61. The molecule has 1 aliphatic rings. The second-order valence-corrected chi connectivity index (χ2v) is 7.64. The van der Waals surface area contributed by atoms with Crippen molar-refractivity contribution in [3.8, 4) is 0 Å². The first-order valence-electron chi connectivity index (χ1n) is 10.2. The van der Waals surface area contributed by atoms with Gasteiger partial charge in [0.1, 0.15) is 5.82 Å². The average Bonchev–Trinajstić information content (AvgIpc) is 3.27. The molecule has 1 N–H and O–H groups in total. The molecule has 0 saturated carbocycles. The van der Waals surface area contributed by atoms with Crippen molar-refractivity contribution in [3.63, 3.8) is 0 Å². The van der Waals surface area contributed by atoms with Gasteiger partial charge in [0.15, 0.2) is 0 Å². The van der Waals surface area contributed by atoms with Gasteiger partial charge in [0.25, 0.3) is 5.91 Å². The number of likely N-dealkylation sites (tertiary alicyclic amines) is 1. The lowest BCUT2D eigenvalue weighted by Crippen LogP contribution is -2.28. The predicted molar refractivity (Wildman–Crippen MR) is 114 cm³/mol. The molecule has 2 amide bonds. The lowest BCUT2D eigenvalue weighted by Gasteiger charge is -2.17. The first kappa shape index (κ1) is 20.0. The van der Waals surface area contributed by atoms with E-state index in [2.05, 4.69) is 5.32 Å². The molecule has 0 radical (unpaired) electrons. The Bertz CT molecular complexity index is 1080. The fraction of sp³-hybridized carbons (Fsp3) is 0.292. The zero-order valence-electron chi connectivity index (χ0n) is 16.9. The SMILES string of the molecule is CNC(=O)c1cc([C@H]2CCN(C(=O)CCc3ccc(F)cc3)C2)nc2ccccc12. The van der Waals surface area contributed by atoms with Crippen molar-refractivity contribution in [2.45, 2.75) is 25.2 Å². The molecule has 0 aliphatic carbocycles. The molecular formula is C24H24FN3O2. The molecule has 1 fully saturated rings. The van der Waals surface area contributed by atoms with Crippen molar-refractivity contribution in [1.82, 2.24) is 15.2 Å². The monoisotopic (exact) mass is 405 g/mol. The number of carbonyl (C=O) groups is 2. The summed E-state index contributed by atoms with van der Waals surface area (Å²) in [4.78, 5) is 31.7. The van der Waals surface area contributed by atoms with Crippen LogP contribution in [0.3, 0.4) is 0 Å². The summed E-state index contributed by atoms with van der Waals surface area (Å²) in [5, 5.41) is 3.52. The zero-order chi connectivity index (χ0) is 21.1. The van der Waals surface area contributed by atoms with Crippen LogP contribution in [0.4, 0.5) is 4.39 Å². The summed E-state index contributed by atoms with van der Waals surface area (Å²) >= 11 is 0. The van der Waals surface area contributed by atoms with Crippen LogP contribution >= 0.6 is 0 Å². The molecule has 2 aromatic carbocycles. The van der Waals surface area contributed by atoms with Gasteiger partial charge in [-0.15, -0.1) is 0 Å². The molecule has 0 bridgehead atoms. The Morgan fingerprint density at radius 2 is 1.93 bits per heavy atom. The summed E-state index contributed by atoms with van der Waals surface area (Å²) in [6.07, 6.45) is 1.81. The first-order chi connectivity index (χ1) is 14.5. The van der Waals surface area contributed by atoms with Gasteiger partial charge in [0.2, 0.25) is 5.91 Å². The predicted octanol–water partition coefficient (Wildman–Crippen LogP) is 3.68. The normalized spacial score (nSPS) is 16.1. The van der Waals surface area contributed by atoms with E-state index < -0.39 is 0 Å². The van der Waals surface area contributed by atoms with Gasteiger partial charge >= 0.3 is 0 Å². The number of carbonyl (C=O) groups excluding carboxylic acids is 2. The Balaban J connectivity index is 1.47. The van der Waals surface area contributed by atoms with Crippen LogP contribution in [0.1, 0.15) is 40.4 Å². The minimum Gasteiger partial charge on any atom is -0.355 e. The zero-order valence-corrected chi connectivity index (χ0v) is 16.9. The summed E-state index contributed by atoms with van der Waals surface area (Å²) in [5.41, 5.74) is 3.20. The molecule has 154 valence electrons. The Labute approximate surface area is 174 Å². The van der Waals surface area contributed by atoms with Crippen LogP contribution in [0.5, 0.6) is 0 Å². The minimum absolute atomic E-state index is 0.0918. The lowest BCUT2D eigenvalue weighted by atomic mass is 9.99. The van der Waals surface area contributed by atoms with Crippen molar-refractivity contribution in [1.29, 1.82) is 0 Å². The van der Waals surface area contributed by atoms with E-state index >= 15 is 0 Å². The van der Waals surface area contributed by atoms with Crippen LogP contribution in [0, 0.1) is 5.82 Å². The number of benzene rings is 2. The summed E-state index contributed by atoms with van der Waals surface area (Å²) in [6, 6.07) is 15.7. The van der Waals surface area contributed by atoms with Crippen molar-refractivity contribution in [2.24, 2.45) is 0 Å². The third-order valence-corrected chi connectivity index (χ3v) is 5.71. The Hall–Kier alpha value is -3.28.